The molecule has 0 amide bonds. The molecule has 0 aliphatic carbocycles. The van der Waals surface area contributed by atoms with Crippen LogP contribution in [0.1, 0.15) is 34.3 Å². The quantitative estimate of drug-likeness (QED) is 0.630. The monoisotopic (exact) mass is 353 g/mol. The molecule has 3 aromatic rings. The Balaban J connectivity index is 1.67. The van der Waals surface area contributed by atoms with Gasteiger partial charge in [-0.1, -0.05) is 17.8 Å². The van der Waals surface area contributed by atoms with Crippen LogP contribution >= 0.6 is 23.1 Å². The number of halogens is 2. The van der Waals surface area contributed by atoms with Gasteiger partial charge in [-0.15, -0.1) is 21.5 Å². The Labute approximate surface area is 140 Å². The Morgan fingerprint density at radius 3 is 2.78 bits per heavy atom. The van der Waals surface area contributed by atoms with Crippen molar-refractivity contribution in [1.29, 1.82) is 0 Å². The number of benzene rings is 1. The van der Waals surface area contributed by atoms with Crippen LogP contribution in [0.5, 0.6) is 0 Å². The summed E-state index contributed by atoms with van der Waals surface area (Å²) >= 11 is 2.87. The molecule has 1 atom stereocenters. The largest absolute Gasteiger partial charge is 0.416 e. The van der Waals surface area contributed by atoms with E-state index in [-0.39, 0.29) is 5.25 Å². The zero-order chi connectivity index (χ0) is 16.4. The van der Waals surface area contributed by atoms with Crippen molar-refractivity contribution in [1.82, 2.24) is 15.2 Å². The van der Waals surface area contributed by atoms with Crippen LogP contribution in [0.2, 0.25) is 0 Å². The Bertz CT molecular complexity index is 819. The predicted octanol–water partition coefficient (Wildman–Crippen LogP) is 4.56. The van der Waals surface area contributed by atoms with Gasteiger partial charge in [0.05, 0.1) is 17.1 Å². The molecule has 1 aromatic carbocycles. The average molecular weight is 353 g/mol. The smallest absolute Gasteiger partial charge is 0.277 e. The molecule has 120 valence electrons. The number of thioether (sulfide) groups is 1. The summed E-state index contributed by atoms with van der Waals surface area (Å²) in [5, 5.41) is 11.2. The summed E-state index contributed by atoms with van der Waals surface area (Å²) < 4.78 is 31.8. The summed E-state index contributed by atoms with van der Waals surface area (Å²) in [5.41, 5.74) is 1.55. The van der Waals surface area contributed by atoms with Gasteiger partial charge >= 0.3 is 0 Å². The van der Waals surface area contributed by atoms with E-state index in [0.29, 0.717) is 23.1 Å². The first-order valence-electron chi connectivity index (χ1n) is 6.86. The maximum Gasteiger partial charge on any atom is 0.277 e. The maximum atomic E-state index is 13.3. The van der Waals surface area contributed by atoms with E-state index in [1.807, 2.05) is 19.2 Å². The molecule has 1 unspecified atom stereocenters. The van der Waals surface area contributed by atoms with E-state index in [2.05, 4.69) is 15.2 Å². The fourth-order valence-corrected chi connectivity index (χ4v) is 3.42. The first kappa shape index (κ1) is 16.1. The van der Waals surface area contributed by atoms with E-state index in [0.717, 1.165) is 16.8 Å². The Morgan fingerprint density at radius 2 is 2.09 bits per heavy atom. The van der Waals surface area contributed by atoms with Crippen molar-refractivity contribution in [3.8, 4) is 0 Å². The summed E-state index contributed by atoms with van der Waals surface area (Å²) in [6, 6.07) is 3.85. The Morgan fingerprint density at radius 1 is 1.26 bits per heavy atom. The maximum absolute atomic E-state index is 13.3. The topological polar surface area (TPSA) is 51.8 Å². The lowest BCUT2D eigenvalue weighted by Crippen LogP contribution is -1.92. The van der Waals surface area contributed by atoms with E-state index in [1.54, 1.807) is 17.4 Å². The zero-order valence-corrected chi connectivity index (χ0v) is 14.0. The molecule has 4 nitrogen and oxygen atoms in total. The van der Waals surface area contributed by atoms with E-state index in [4.69, 9.17) is 4.42 Å². The molecule has 0 bridgehead atoms. The van der Waals surface area contributed by atoms with Crippen molar-refractivity contribution in [3.63, 3.8) is 0 Å². The van der Waals surface area contributed by atoms with Crippen molar-refractivity contribution in [3.05, 3.63) is 57.4 Å². The van der Waals surface area contributed by atoms with Crippen LogP contribution in [-0.2, 0) is 6.42 Å². The van der Waals surface area contributed by atoms with Gasteiger partial charge in [-0.3, -0.25) is 0 Å². The summed E-state index contributed by atoms with van der Waals surface area (Å²) in [6.45, 7) is 3.80. The van der Waals surface area contributed by atoms with Gasteiger partial charge in [0.25, 0.3) is 5.22 Å². The Hall–Kier alpha value is -1.80. The second kappa shape index (κ2) is 6.76. The van der Waals surface area contributed by atoms with E-state index in [9.17, 15) is 8.78 Å². The average Bonchev–Trinajstić information content (AvgIpc) is 3.11. The second-order valence-corrected chi connectivity index (χ2v) is 7.28. The van der Waals surface area contributed by atoms with Crippen molar-refractivity contribution in [2.75, 3.05) is 0 Å². The highest BCUT2D eigenvalue weighted by molar-refractivity contribution is 7.99. The molecule has 2 heterocycles. The second-order valence-electron chi connectivity index (χ2n) is 4.93. The highest BCUT2D eigenvalue weighted by Gasteiger charge is 2.15. The van der Waals surface area contributed by atoms with Crippen molar-refractivity contribution in [2.45, 2.75) is 30.7 Å². The molecule has 2 aromatic heterocycles. The summed E-state index contributed by atoms with van der Waals surface area (Å²) in [6.07, 6.45) is 0.484. The number of hydrogen-bond donors (Lipinski definition) is 0. The van der Waals surface area contributed by atoms with Gasteiger partial charge in [0.1, 0.15) is 0 Å². The molecular formula is C15H13F2N3OS2. The number of aromatic nitrogens is 3. The van der Waals surface area contributed by atoms with Gasteiger partial charge in [-0.25, -0.2) is 13.8 Å². The zero-order valence-electron chi connectivity index (χ0n) is 12.4. The van der Waals surface area contributed by atoms with Crippen molar-refractivity contribution < 1.29 is 13.2 Å². The molecule has 0 aliphatic rings. The molecule has 3 rings (SSSR count). The fourth-order valence-electron chi connectivity index (χ4n) is 1.99. The predicted molar refractivity (Wildman–Crippen MR) is 84.6 cm³/mol. The highest BCUT2D eigenvalue weighted by Crippen LogP contribution is 2.34. The third-order valence-electron chi connectivity index (χ3n) is 3.14. The van der Waals surface area contributed by atoms with Crippen LogP contribution in [0.3, 0.4) is 0 Å². The molecule has 0 radical (unpaired) electrons. The van der Waals surface area contributed by atoms with Gasteiger partial charge in [-0.2, -0.15) is 0 Å². The van der Waals surface area contributed by atoms with E-state index < -0.39 is 11.6 Å². The van der Waals surface area contributed by atoms with Gasteiger partial charge in [0.15, 0.2) is 11.6 Å². The molecule has 0 aliphatic heterocycles. The van der Waals surface area contributed by atoms with E-state index in [1.165, 1.54) is 17.8 Å². The van der Waals surface area contributed by atoms with Crippen LogP contribution in [0, 0.1) is 18.6 Å². The number of thiazole rings is 1. The lowest BCUT2D eigenvalue weighted by atomic mass is 10.1. The molecule has 0 fully saturated rings. The number of aryl methyl sites for hydroxylation is 1. The van der Waals surface area contributed by atoms with Crippen molar-refractivity contribution in [2.24, 2.45) is 0 Å². The third-order valence-corrected chi connectivity index (χ3v) is 4.95. The van der Waals surface area contributed by atoms with Crippen LogP contribution < -0.4 is 0 Å². The highest BCUT2D eigenvalue weighted by atomic mass is 32.2. The Kier molecular flexibility index (Phi) is 4.72. The molecule has 23 heavy (non-hydrogen) atoms. The number of rotatable bonds is 5. The first-order chi connectivity index (χ1) is 11.0. The molecule has 0 saturated heterocycles. The van der Waals surface area contributed by atoms with Crippen LogP contribution in [-0.4, -0.2) is 15.2 Å². The van der Waals surface area contributed by atoms with Gasteiger partial charge < -0.3 is 4.42 Å². The molecule has 0 spiro atoms. The van der Waals surface area contributed by atoms with Gasteiger partial charge in [0, 0.05) is 10.6 Å². The minimum atomic E-state index is -0.861. The first-order valence-corrected chi connectivity index (χ1v) is 8.62. The minimum Gasteiger partial charge on any atom is -0.416 e. The van der Waals surface area contributed by atoms with Crippen LogP contribution in [0.25, 0.3) is 0 Å². The van der Waals surface area contributed by atoms with Gasteiger partial charge in [0.2, 0.25) is 5.89 Å². The summed E-state index contributed by atoms with van der Waals surface area (Å²) in [7, 11) is 0. The summed E-state index contributed by atoms with van der Waals surface area (Å²) in [5.74, 6) is -1.24. The molecule has 0 N–H and O–H groups in total. The molecular weight excluding hydrogens is 340 g/mol. The third kappa shape index (κ3) is 3.94. The number of hydrogen-bond acceptors (Lipinski definition) is 6. The fraction of sp³-hybridized carbons (Fsp3) is 0.267. The standard InChI is InChI=1S/C15H13F2N3OS2/c1-8(10-3-4-12(16)13(17)5-10)23-15-20-19-14(21-15)6-11-7-22-9(2)18-11/h3-5,7-8H,6H2,1-2H3. The van der Waals surface area contributed by atoms with Crippen LogP contribution in [0.4, 0.5) is 8.78 Å². The van der Waals surface area contributed by atoms with Crippen LogP contribution in [0.15, 0.2) is 33.2 Å². The molecule has 8 heteroatoms. The number of nitrogens with zero attached hydrogens (tertiary/aromatic N) is 3. The normalized spacial score (nSPS) is 12.5. The lowest BCUT2D eigenvalue weighted by Gasteiger charge is -2.08. The van der Waals surface area contributed by atoms with Crippen molar-refractivity contribution >= 4 is 23.1 Å². The summed E-state index contributed by atoms with van der Waals surface area (Å²) in [4.78, 5) is 4.35. The SMILES string of the molecule is Cc1nc(Cc2nnc(SC(C)c3ccc(F)c(F)c3)o2)cs1. The lowest BCUT2D eigenvalue weighted by molar-refractivity contribution is 0.419. The molecule has 0 saturated carbocycles. The van der Waals surface area contributed by atoms with Gasteiger partial charge in [-0.05, 0) is 31.5 Å². The minimum absolute atomic E-state index is 0.139. The van der Waals surface area contributed by atoms with E-state index >= 15 is 0 Å².